The molecule has 1 spiro atoms. The molecule has 94 valence electrons. The average Bonchev–Trinajstić information content (AvgIpc) is 2.65. The largest absolute Gasteiger partial charge is 0.368 e. The Bertz CT molecular complexity index is 420. The van der Waals surface area contributed by atoms with E-state index in [1.54, 1.807) is 0 Å². The lowest BCUT2D eigenvalue weighted by molar-refractivity contribution is -0.321. The van der Waals surface area contributed by atoms with E-state index in [2.05, 4.69) is 6.92 Å². The summed E-state index contributed by atoms with van der Waals surface area (Å²) in [4.78, 5) is 0. The Hall–Kier alpha value is -0.160. The summed E-state index contributed by atoms with van der Waals surface area (Å²) < 4.78 is 17.8. The fourth-order valence-electron chi connectivity index (χ4n) is 5.69. The van der Waals surface area contributed by atoms with Crippen LogP contribution in [0, 0.1) is 29.1 Å². The molecule has 0 amide bonds. The van der Waals surface area contributed by atoms with Crippen LogP contribution in [0.5, 0.6) is 0 Å². The molecule has 3 heterocycles. The van der Waals surface area contributed by atoms with Crippen LogP contribution in [-0.4, -0.2) is 29.6 Å². The predicted molar refractivity (Wildman–Crippen MR) is 56.6 cm³/mol. The Morgan fingerprint density at radius 1 is 1.06 bits per heavy atom. The highest BCUT2D eigenvalue weighted by Gasteiger charge is 2.83. The fourth-order valence-corrected chi connectivity index (χ4v) is 5.69. The molecule has 2 aliphatic carbocycles. The van der Waals surface area contributed by atoms with Crippen molar-refractivity contribution in [1.82, 2.24) is 0 Å². The van der Waals surface area contributed by atoms with E-state index in [4.69, 9.17) is 14.2 Å². The number of hydrogen-bond acceptors (Lipinski definition) is 4. The van der Waals surface area contributed by atoms with Gasteiger partial charge in [-0.25, -0.2) is 0 Å². The Kier molecular flexibility index (Phi) is 1.32. The SMILES string of the molecule is CC12OCC3C1C1C([C@@H](O)OC1(C)O2)C31CC1. The van der Waals surface area contributed by atoms with E-state index in [1.807, 2.05) is 6.92 Å². The third-order valence-corrected chi connectivity index (χ3v) is 6.26. The molecule has 1 N–H and O–H groups in total. The van der Waals surface area contributed by atoms with Crippen molar-refractivity contribution in [3.63, 3.8) is 0 Å². The van der Waals surface area contributed by atoms with Crippen LogP contribution in [0.1, 0.15) is 26.7 Å². The maximum Gasteiger partial charge on any atom is 0.175 e. The zero-order chi connectivity index (χ0) is 11.6. The molecule has 0 bridgehead atoms. The minimum absolute atomic E-state index is 0.272. The van der Waals surface area contributed by atoms with Crippen LogP contribution in [0.4, 0.5) is 0 Å². The number of fused-ring (bicyclic) bond motifs is 2. The van der Waals surface area contributed by atoms with Crippen molar-refractivity contribution < 1.29 is 19.3 Å². The molecule has 6 unspecified atom stereocenters. The van der Waals surface area contributed by atoms with E-state index in [9.17, 15) is 5.11 Å². The van der Waals surface area contributed by atoms with Gasteiger partial charge in [-0.2, -0.15) is 0 Å². The molecular formula is C13H18O4. The standard InChI is InChI=1S/C13H18O4/c1-11-7-6(5-15-11)13(3-4-13)9-8(7)12(2,17-11)16-10(9)14/h6-10,14H,3-5H2,1-2H3/t6?,7?,8?,9?,10-,11?,12?/m0/s1. The van der Waals surface area contributed by atoms with Crippen molar-refractivity contribution in [3.8, 4) is 0 Å². The molecule has 0 aromatic heterocycles. The molecule has 0 aromatic carbocycles. The lowest BCUT2D eigenvalue weighted by Crippen LogP contribution is -2.35. The minimum Gasteiger partial charge on any atom is -0.368 e. The van der Waals surface area contributed by atoms with Crippen molar-refractivity contribution in [2.24, 2.45) is 29.1 Å². The summed E-state index contributed by atoms with van der Waals surface area (Å²) in [6.45, 7) is 4.83. The van der Waals surface area contributed by atoms with E-state index in [0.717, 1.165) is 6.61 Å². The molecule has 2 saturated carbocycles. The first kappa shape index (κ1) is 9.73. The number of aliphatic hydroxyl groups excluding tert-OH is 1. The maximum absolute atomic E-state index is 10.2. The topological polar surface area (TPSA) is 47.9 Å². The van der Waals surface area contributed by atoms with Crippen LogP contribution < -0.4 is 0 Å². The summed E-state index contributed by atoms with van der Waals surface area (Å²) >= 11 is 0. The van der Waals surface area contributed by atoms with Gasteiger partial charge in [-0.3, -0.25) is 0 Å². The summed E-state index contributed by atoms with van der Waals surface area (Å²) in [5.74, 6) is 0.466. The van der Waals surface area contributed by atoms with E-state index in [1.165, 1.54) is 12.8 Å². The van der Waals surface area contributed by atoms with Gasteiger partial charge in [0.25, 0.3) is 0 Å². The van der Waals surface area contributed by atoms with Gasteiger partial charge in [-0.15, -0.1) is 0 Å². The van der Waals surface area contributed by atoms with E-state index in [-0.39, 0.29) is 5.92 Å². The normalized spacial score (nSPS) is 69.0. The van der Waals surface area contributed by atoms with Crippen molar-refractivity contribution in [3.05, 3.63) is 0 Å². The molecule has 3 aliphatic heterocycles. The third kappa shape index (κ3) is 0.793. The second-order valence-corrected chi connectivity index (χ2v) is 6.87. The van der Waals surface area contributed by atoms with Crippen molar-refractivity contribution in [1.29, 1.82) is 0 Å². The van der Waals surface area contributed by atoms with Gasteiger partial charge in [0.1, 0.15) is 0 Å². The molecule has 0 radical (unpaired) electrons. The van der Waals surface area contributed by atoms with Crippen LogP contribution in [-0.2, 0) is 14.2 Å². The number of hydrogen-bond donors (Lipinski definition) is 1. The first-order chi connectivity index (χ1) is 8.00. The maximum atomic E-state index is 10.2. The molecule has 5 aliphatic rings. The molecule has 0 aromatic rings. The van der Waals surface area contributed by atoms with E-state index in [0.29, 0.717) is 23.2 Å². The highest BCUT2D eigenvalue weighted by molar-refractivity contribution is 5.24. The van der Waals surface area contributed by atoms with Gasteiger partial charge in [0.15, 0.2) is 17.9 Å². The van der Waals surface area contributed by atoms with Crippen LogP contribution in [0.2, 0.25) is 0 Å². The number of ether oxygens (including phenoxy) is 3. The molecule has 3 saturated heterocycles. The van der Waals surface area contributed by atoms with Crippen LogP contribution in [0.25, 0.3) is 0 Å². The van der Waals surface area contributed by atoms with Gasteiger partial charge >= 0.3 is 0 Å². The van der Waals surface area contributed by atoms with Gasteiger partial charge < -0.3 is 19.3 Å². The summed E-state index contributed by atoms with van der Waals surface area (Å²) in [6, 6.07) is 0. The number of rotatable bonds is 0. The molecule has 17 heavy (non-hydrogen) atoms. The van der Waals surface area contributed by atoms with Crippen LogP contribution in [0.3, 0.4) is 0 Å². The molecule has 5 rings (SSSR count). The van der Waals surface area contributed by atoms with Gasteiger partial charge in [0, 0.05) is 17.8 Å². The first-order valence-electron chi connectivity index (χ1n) is 6.70. The molecule has 7 atom stereocenters. The average molecular weight is 238 g/mol. The van der Waals surface area contributed by atoms with E-state index >= 15 is 0 Å². The highest BCUT2D eigenvalue weighted by Crippen LogP contribution is 2.79. The van der Waals surface area contributed by atoms with Gasteiger partial charge in [0.05, 0.1) is 6.61 Å². The Morgan fingerprint density at radius 2 is 1.82 bits per heavy atom. The van der Waals surface area contributed by atoms with Crippen molar-refractivity contribution in [2.75, 3.05) is 6.61 Å². The zero-order valence-corrected chi connectivity index (χ0v) is 10.2. The highest BCUT2D eigenvalue weighted by atomic mass is 16.8. The Labute approximate surface area is 100 Å². The second kappa shape index (κ2) is 2.31. The third-order valence-electron chi connectivity index (χ3n) is 6.26. The lowest BCUT2D eigenvalue weighted by Gasteiger charge is -2.28. The zero-order valence-electron chi connectivity index (χ0n) is 10.2. The quantitative estimate of drug-likeness (QED) is 0.686. The van der Waals surface area contributed by atoms with Gasteiger partial charge in [0.2, 0.25) is 0 Å². The number of aliphatic hydroxyl groups is 1. The van der Waals surface area contributed by atoms with E-state index < -0.39 is 17.9 Å². The smallest absolute Gasteiger partial charge is 0.175 e. The molecule has 5 fully saturated rings. The summed E-state index contributed by atoms with van der Waals surface area (Å²) in [6.07, 6.45) is 1.82. The van der Waals surface area contributed by atoms with Crippen molar-refractivity contribution >= 4 is 0 Å². The lowest BCUT2D eigenvalue weighted by atomic mass is 9.83. The first-order valence-corrected chi connectivity index (χ1v) is 6.70. The molecular weight excluding hydrogens is 220 g/mol. The van der Waals surface area contributed by atoms with Crippen molar-refractivity contribution in [2.45, 2.75) is 44.6 Å². The molecule has 4 nitrogen and oxygen atoms in total. The van der Waals surface area contributed by atoms with Crippen LogP contribution >= 0.6 is 0 Å². The summed E-state index contributed by atoms with van der Waals surface area (Å²) in [5, 5.41) is 10.2. The summed E-state index contributed by atoms with van der Waals surface area (Å²) in [5.41, 5.74) is 0.300. The Balaban J connectivity index is 1.73. The fraction of sp³-hybridized carbons (Fsp3) is 1.00. The van der Waals surface area contributed by atoms with Gasteiger partial charge in [-0.1, -0.05) is 0 Å². The minimum atomic E-state index is -0.636. The predicted octanol–water partition coefficient (Wildman–Crippen LogP) is 1.09. The molecule has 4 heteroatoms. The van der Waals surface area contributed by atoms with Crippen LogP contribution in [0.15, 0.2) is 0 Å². The monoisotopic (exact) mass is 238 g/mol. The summed E-state index contributed by atoms with van der Waals surface area (Å²) in [7, 11) is 0. The Morgan fingerprint density at radius 3 is 2.53 bits per heavy atom. The van der Waals surface area contributed by atoms with Gasteiger partial charge in [-0.05, 0) is 38.0 Å². The second-order valence-electron chi connectivity index (χ2n) is 6.87.